The third-order valence-electron chi connectivity index (χ3n) is 6.01. The van der Waals surface area contributed by atoms with E-state index < -0.39 is 0 Å². The summed E-state index contributed by atoms with van der Waals surface area (Å²) >= 11 is 0. The van der Waals surface area contributed by atoms with Gasteiger partial charge in [-0.1, -0.05) is 18.2 Å². The number of nitrogens with zero attached hydrogens (tertiary/aromatic N) is 5. The van der Waals surface area contributed by atoms with Gasteiger partial charge in [-0.05, 0) is 31.0 Å². The fourth-order valence-corrected chi connectivity index (χ4v) is 4.35. The van der Waals surface area contributed by atoms with Crippen molar-refractivity contribution in [1.82, 2.24) is 20.1 Å². The number of aliphatic imine (C=N–C) groups is 1. The lowest BCUT2D eigenvalue weighted by Crippen LogP contribution is -2.46. The van der Waals surface area contributed by atoms with E-state index in [4.69, 9.17) is 14.7 Å². The summed E-state index contributed by atoms with van der Waals surface area (Å²) < 4.78 is 5.52. The van der Waals surface area contributed by atoms with E-state index >= 15 is 0 Å². The van der Waals surface area contributed by atoms with Gasteiger partial charge in [0.25, 0.3) is 0 Å². The lowest BCUT2D eigenvalue weighted by molar-refractivity contribution is 0.0195. The highest BCUT2D eigenvalue weighted by Gasteiger charge is 2.30. The van der Waals surface area contributed by atoms with Gasteiger partial charge in [0.2, 0.25) is 0 Å². The summed E-state index contributed by atoms with van der Waals surface area (Å²) in [6, 6.07) is 11.1. The zero-order valence-electron chi connectivity index (χ0n) is 18.9. The Morgan fingerprint density at radius 3 is 2.74 bits per heavy atom. The summed E-state index contributed by atoms with van der Waals surface area (Å²) in [5.74, 6) is 1.98. The Labute approximate surface area is 202 Å². The van der Waals surface area contributed by atoms with Crippen LogP contribution in [0.15, 0.2) is 35.3 Å². The van der Waals surface area contributed by atoms with Crippen molar-refractivity contribution in [3.8, 4) is 0 Å². The second-order valence-electron chi connectivity index (χ2n) is 8.26. The summed E-state index contributed by atoms with van der Waals surface area (Å²) in [5, 5.41) is 4.69. The molecule has 0 radical (unpaired) electrons. The number of morpholine rings is 1. The minimum absolute atomic E-state index is 0. The average molecular weight is 538 g/mol. The molecular formula is C23H35IN6O. The molecule has 2 aliphatic heterocycles. The quantitative estimate of drug-likeness (QED) is 0.359. The van der Waals surface area contributed by atoms with Crippen molar-refractivity contribution >= 4 is 46.7 Å². The van der Waals surface area contributed by atoms with Crippen molar-refractivity contribution in [3.63, 3.8) is 0 Å². The Kier molecular flexibility index (Phi) is 8.74. The molecule has 0 aliphatic carbocycles. The molecule has 1 aromatic carbocycles. The highest BCUT2D eigenvalue weighted by Crippen LogP contribution is 2.23. The Morgan fingerprint density at radius 2 is 2.00 bits per heavy atom. The first kappa shape index (κ1) is 24.0. The fourth-order valence-electron chi connectivity index (χ4n) is 4.35. The maximum atomic E-state index is 5.52. The molecular weight excluding hydrogens is 503 g/mol. The van der Waals surface area contributed by atoms with Crippen LogP contribution >= 0.6 is 24.0 Å². The summed E-state index contributed by atoms with van der Waals surface area (Å²) in [6.07, 6.45) is 1.19. The zero-order valence-corrected chi connectivity index (χ0v) is 21.2. The highest BCUT2D eigenvalue weighted by molar-refractivity contribution is 14.0. The number of anilines is 1. The van der Waals surface area contributed by atoms with Crippen LogP contribution in [0.3, 0.4) is 0 Å². The molecule has 1 unspecified atom stereocenters. The normalized spacial score (nSPS) is 20.0. The number of benzene rings is 1. The molecule has 4 rings (SSSR count). The molecule has 0 amide bonds. The van der Waals surface area contributed by atoms with Gasteiger partial charge in [0.15, 0.2) is 5.96 Å². The van der Waals surface area contributed by atoms with Gasteiger partial charge in [0.1, 0.15) is 5.82 Å². The van der Waals surface area contributed by atoms with Gasteiger partial charge in [0.05, 0.1) is 25.3 Å². The number of rotatable bonds is 5. The average Bonchev–Trinajstić information content (AvgIpc) is 3.27. The molecule has 0 saturated carbocycles. The molecule has 2 saturated heterocycles. The minimum atomic E-state index is 0. The molecule has 0 bridgehead atoms. The monoisotopic (exact) mass is 538 g/mol. The number of nitrogens with one attached hydrogen (secondary N) is 1. The van der Waals surface area contributed by atoms with Crippen molar-refractivity contribution in [1.29, 1.82) is 0 Å². The predicted octanol–water partition coefficient (Wildman–Crippen LogP) is 2.79. The third-order valence-corrected chi connectivity index (χ3v) is 6.01. The van der Waals surface area contributed by atoms with Crippen molar-refractivity contribution in [2.24, 2.45) is 4.99 Å². The first-order chi connectivity index (χ1) is 14.7. The lowest BCUT2D eigenvalue weighted by Gasteiger charge is -2.32. The van der Waals surface area contributed by atoms with Crippen LogP contribution in [0.1, 0.15) is 18.9 Å². The molecule has 1 aromatic heterocycles. The molecule has 1 N–H and O–H groups in total. The summed E-state index contributed by atoms with van der Waals surface area (Å²) in [7, 11) is 4.06. The van der Waals surface area contributed by atoms with Gasteiger partial charge in [-0.2, -0.15) is 0 Å². The number of fused-ring (bicyclic) bond motifs is 1. The van der Waals surface area contributed by atoms with Gasteiger partial charge in [0, 0.05) is 58.2 Å². The Bertz CT molecular complexity index is 883. The number of ether oxygens (including phenoxy) is 1. The second-order valence-corrected chi connectivity index (χ2v) is 8.26. The number of halogens is 1. The molecule has 31 heavy (non-hydrogen) atoms. The number of para-hydroxylation sites is 1. The summed E-state index contributed by atoms with van der Waals surface area (Å²) in [5.41, 5.74) is 2.23. The predicted molar refractivity (Wildman–Crippen MR) is 139 cm³/mol. The molecule has 2 fully saturated rings. The van der Waals surface area contributed by atoms with E-state index in [0.717, 1.165) is 63.2 Å². The molecule has 1 atom stereocenters. The van der Waals surface area contributed by atoms with Crippen molar-refractivity contribution in [2.45, 2.75) is 25.9 Å². The van der Waals surface area contributed by atoms with Crippen molar-refractivity contribution in [3.05, 3.63) is 35.9 Å². The topological polar surface area (TPSA) is 56.2 Å². The standard InChI is InChI=1S/C23H34N6O.HI/c1-4-24-23(29-10-9-19(17-29)28-11-13-30-14-12-28)25-16-18-15-22(27(2)3)26-21-8-6-5-7-20(18)21;/h5-8,15,19H,4,9-14,16-17H2,1-3H3,(H,24,25);1H. The van der Waals surface area contributed by atoms with Gasteiger partial charge in [-0.15, -0.1) is 24.0 Å². The van der Waals surface area contributed by atoms with Gasteiger partial charge < -0.3 is 19.9 Å². The van der Waals surface area contributed by atoms with Crippen LogP contribution in [-0.2, 0) is 11.3 Å². The lowest BCUT2D eigenvalue weighted by atomic mass is 10.1. The van der Waals surface area contributed by atoms with Crippen LogP contribution in [0.4, 0.5) is 5.82 Å². The highest BCUT2D eigenvalue weighted by atomic mass is 127. The summed E-state index contributed by atoms with van der Waals surface area (Å²) in [4.78, 5) is 16.9. The van der Waals surface area contributed by atoms with Gasteiger partial charge >= 0.3 is 0 Å². The van der Waals surface area contributed by atoms with Crippen LogP contribution in [0, 0.1) is 0 Å². The number of hydrogen-bond donors (Lipinski definition) is 1. The SMILES string of the molecule is CCNC(=NCc1cc(N(C)C)nc2ccccc12)N1CCC(N2CCOCC2)C1.I. The van der Waals surface area contributed by atoms with Crippen molar-refractivity contribution in [2.75, 3.05) is 64.9 Å². The molecule has 2 aliphatic rings. The number of likely N-dealkylation sites (tertiary alicyclic amines) is 1. The number of pyridine rings is 1. The number of guanidine groups is 1. The van der Waals surface area contributed by atoms with Crippen LogP contribution in [0.25, 0.3) is 10.9 Å². The first-order valence-electron chi connectivity index (χ1n) is 11.1. The largest absolute Gasteiger partial charge is 0.379 e. The molecule has 0 spiro atoms. The summed E-state index contributed by atoms with van der Waals surface area (Å²) in [6.45, 7) is 9.53. The molecule has 7 nitrogen and oxygen atoms in total. The molecule has 170 valence electrons. The van der Waals surface area contributed by atoms with E-state index in [1.165, 1.54) is 17.4 Å². The van der Waals surface area contributed by atoms with Crippen molar-refractivity contribution < 1.29 is 4.74 Å². The maximum Gasteiger partial charge on any atom is 0.194 e. The van der Waals surface area contributed by atoms with Crippen LogP contribution in [0.2, 0.25) is 0 Å². The smallest absolute Gasteiger partial charge is 0.194 e. The Balaban J connectivity index is 0.00000272. The number of hydrogen-bond acceptors (Lipinski definition) is 5. The van der Waals surface area contributed by atoms with Crippen LogP contribution in [-0.4, -0.2) is 86.8 Å². The third kappa shape index (κ3) is 5.78. The Hall–Kier alpha value is -1.65. The van der Waals surface area contributed by atoms with E-state index in [2.05, 4.69) is 51.2 Å². The first-order valence-corrected chi connectivity index (χ1v) is 11.1. The van der Waals surface area contributed by atoms with E-state index in [-0.39, 0.29) is 24.0 Å². The fraction of sp³-hybridized carbons (Fsp3) is 0.565. The van der Waals surface area contributed by atoms with E-state index in [0.29, 0.717) is 12.6 Å². The Morgan fingerprint density at radius 1 is 1.23 bits per heavy atom. The maximum absolute atomic E-state index is 5.52. The molecule has 8 heteroatoms. The molecule has 3 heterocycles. The second kappa shape index (κ2) is 11.3. The minimum Gasteiger partial charge on any atom is -0.379 e. The zero-order chi connectivity index (χ0) is 20.9. The molecule has 2 aromatic rings. The number of aromatic nitrogens is 1. The van der Waals surface area contributed by atoms with Gasteiger partial charge in [-0.3, -0.25) is 4.90 Å². The van der Waals surface area contributed by atoms with Crippen LogP contribution in [0.5, 0.6) is 0 Å². The van der Waals surface area contributed by atoms with Gasteiger partial charge in [-0.25, -0.2) is 9.98 Å². The van der Waals surface area contributed by atoms with Crippen LogP contribution < -0.4 is 10.2 Å². The van der Waals surface area contributed by atoms with E-state index in [1.54, 1.807) is 0 Å². The van der Waals surface area contributed by atoms with E-state index in [9.17, 15) is 0 Å². The van der Waals surface area contributed by atoms with E-state index in [1.807, 2.05) is 20.2 Å².